The Morgan fingerprint density at radius 1 is 1.14 bits per heavy atom. The third-order valence-corrected chi connectivity index (χ3v) is 8.98. The predicted molar refractivity (Wildman–Crippen MR) is 132 cm³/mol. The van der Waals surface area contributed by atoms with Crippen LogP contribution in [0.25, 0.3) is 10.2 Å². The molecule has 1 atom stereocenters. The average Bonchev–Trinajstić information content (AvgIpc) is 3.24. The number of carbonyl (C=O) groups is 2. The minimum Gasteiger partial charge on any atom is -0.497 e. The summed E-state index contributed by atoms with van der Waals surface area (Å²) in [5.41, 5.74) is 1.29. The average molecular weight is 518 g/mol. The number of fused-ring (bicyclic) bond motifs is 1. The number of thiazole rings is 1. The first-order valence-electron chi connectivity index (χ1n) is 11.2. The summed E-state index contributed by atoms with van der Waals surface area (Å²) in [6.07, 6.45) is 1.14. The van der Waals surface area contributed by atoms with Crippen LogP contribution in [0.1, 0.15) is 30.1 Å². The van der Waals surface area contributed by atoms with Crippen molar-refractivity contribution in [1.29, 1.82) is 0 Å². The fraction of sp³-hybridized carbons (Fsp3) is 0.375. The zero-order valence-electron chi connectivity index (χ0n) is 19.8. The van der Waals surface area contributed by atoms with Gasteiger partial charge in [0.15, 0.2) is 4.80 Å². The van der Waals surface area contributed by atoms with E-state index in [1.807, 2.05) is 17.6 Å². The van der Waals surface area contributed by atoms with E-state index in [-0.39, 0.29) is 17.3 Å². The van der Waals surface area contributed by atoms with Crippen LogP contribution in [0.4, 0.5) is 0 Å². The molecule has 0 N–H and O–H groups in total. The molecular weight excluding hydrogens is 490 g/mol. The Morgan fingerprint density at radius 2 is 1.89 bits per heavy atom. The van der Waals surface area contributed by atoms with Crippen molar-refractivity contribution in [2.24, 2.45) is 10.9 Å². The Hall–Kier alpha value is -3.02. The number of methoxy groups -OCH3 is 2. The second-order valence-corrected chi connectivity index (χ2v) is 11.1. The molecule has 1 aliphatic rings. The minimum atomic E-state index is -3.74. The second kappa shape index (κ2) is 10.3. The molecule has 2 heterocycles. The van der Waals surface area contributed by atoms with E-state index in [0.717, 1.165) is 10.2 Å². The number of carbonyl (C=O) groups excluding carboxylic acids is 2. The van der Waals surface area contributed by atoms with Gasteiger partial charge >= 0.3 is 5.97 Å². The number of rotatable bonds is 6. The highest BCUT2D eigenvalue weighted by atomic mass is 32.2. The van der Waals surface area contributed by atoms with E-state index >= 15 is 0 Å². The maximum Gasteiger partial charge on any atom is 0.337 e. The normalized spacial score (nSPS) is 17.5. The van der Waals surface area contributed by atoms with Gasteiger partial charge in [0.25, 0.3) is 5.91 Å². The van der Waals surface area contributed by atoms with Crippen LogP contribution in [0.3, 0.4) is 0 Å². The molecule has 9 nitrogen and oxygen atoms in total. The van der Waals surface area contributed by atoms with Gasteiger partial charge in [-0.2, -0.15) is 9.30 Å². The van der Waals surface area contributed by atoms with Crippen LogP contribution in [-0.4, -0.2) is 56.5 Å². The predicted octanol–water partition coefficient (Wildman–Crippen LogP) is 3.05. The Kier molecular flexibility index (Phi) is 7.39. The lowest BCUT2D eigenvalue weighted by atomic mass is 9.99. The number of benzene rings is 2. The summed E-state index contributed by atoms with van der Waals surface area (Å²) in [4.78, 5) is 30.1. The molecule has 1 aromatic heterocycles. The van der Waals surface area contributed by atoms with Crippen molar-refractivity contribution in [3.8, 4) is 5.75 Å². The van der Waals surface area contributed by atoms with E-state index in [4.69, 9.17) is 9.47 Å². The summed E-state index contributed by atoms with van der Waals surface area (Å²) < 4.78 is 40.3. The molecule has 1 unspecified atom stereocenters. The summed E-state index contributed by atoms with van der Waals surface area (Å²) in [5.74, 6) is -0.738. The number of aromatic nitrogens is 1. The van der Waals surface area contributed by atoms with Crippen LogP contribution in [-0.2, 0) is 26.1 Å². The number of nitrogens with zero attached hydrogens (tertiary/aromatic N) is 3. The summed E-state index contributed by atoms with van der Waals surface area (Å²) >= 11 is 1.31. The van der Waals surface area contributed by atoms with Gasteiger partial charge in [0.1, 0.15) is 5.75 Å². The van der Waals surface area contributed by atoms with Crippen LogP contribution in [0.15, 0.2) is 52.4 Å². The smallest absolute Gasteiger partial charge is 0.337 e. The second-order valence-electron chi connectivity index (χ2n) is 8.13. The van der Waals surface area contributed by atoms with Gasteiger partial charge in [-0.1, -0.05) is 11.3 Å². The number of aryl methyl sites for hydroxylation is 1. The molecule has 0 saturated carbocycles. The summed E-state index contributed by atoms with van der Waals surface area (Å²) in [7, 11) is -0.891. The lowest BCUT2D eigenvalue weighted by Gasteiger charge is -2.30. The fourth-order valence-electron chi connectivity index (χ4n) is 4.15. The first-order valence-corrected chi connectivity index (χ1v) is 13.5. The van der Waals surface area contributed by atoms with Gasteiger partial charge in [-0.25, -0.2) is 13.2 Å². The molecule has 3 aromatic rings. The highest BCUT2D eigenvalue weighted by Gasteiger charge is 2.33. The third-order valence-electron chi connectivity index (χ3n) is 6.06. The van der Waals surface area contributed by atoms with E-state index in [9.17, 15) is 18.0 Å². The van der Waals surface area contributed by atoms with Crippen molar-refractivity contribution in [3.63, 3.8) is 0 Å². The summed E-state index contributed by atoms with van der Waals surface area (Å²) in [6.45, 7) is 2.98. The lowest BCUT2D eigenvalue weighted by Crippen LogP contribution is -2.42. The molecule has 0 spiro atoms. The van der Waals surface area contributed by atoms with Crippen molar-refractivity contribution in [2.45, 2.75) is 31.2 Å². The van der Waals surface area contributed by atoms with Crippen LogP contribution in [0.2, 0.25) is 0 Å². The quantitative estimate of drug-likeness (QED) is 0.465. The van der Waals surface area contributed by atoms with Gasteiger partial charge in [0.2, 0.25) is 10.0 Å². The van der Waals surface area contributed by atoms with E-state index in [2.05, 4.69) is 4.99 Å². The molecule has 1 fully saturated rings. The maximum absolute atomic E-state index is 13.1. The molecule has 11 heteroatoms. The van der Waals surface area contributed by atoms with Crippen molar-refractivity contribution in [3.05, 3.63) is 52.8 Å². The Labute approximate surface area is 207 Å². The number of sulfonamides is 1. The number of piperidine rings is 1. The molecule has 0 aliphatic carbocycles. The number of hydrogen-bond donors (Lipinski definition) is 0. The van der Waals surface area contributed by atoms with Gasteiger partial charge in [0, 0.05) is 19.6 Å². The molecular formula is C24H27N3O6S2. The van der Waals surface area contributed by atoms with Gasteiger partial charge < -0.3 is 14.0 Å². The van der Waals surface area contributed by atoms with E-state index in [0.29, 0.717) is 42.0 Å². The van der Waals surface area contributed by atoms with Gasteiger partial charge in [-0.15, -0.1) is 0 Å². The van der Waals surface area contributed by atoms with Gasteiger partial charge in [-0.3, -0.25) is 4.79 Å². The van der Waals surface area contributed by atoms with Crippen LogP contribution < -0.4 is 9.54 Å². The number of hydrogen-bond acceptors (Lipinski definition) is 7. The van der Waals surface area contributed by atoms with Crippen molar-refractivity contribution < 1.29 is 27.5 Å². The molecule has 2 aromatic carbocycles. The Morgan fingerprint density at radius 3 is 2.54 bits per heavy atom. The molecule has 0 radical (unpaired) electrons. The van der Waals surface area contributed by atoms with E-state index in [1.54, 1.807) is 24.3 Å². The first kappa shape index (κ1) is 25.1. The molecule has 186 valence electrons. The van der Waals surface area contributed by atoms with Gasteiger partial charge in [-0.05, 0) is 62.2 Å². The topological polar surface area (TPSA) is 107 Å². The maximum atomic E-state index is 13.1. The Balaban J connectivity index is 1.60. The monoisotopic (exact) mass is 517 g/mol. The van der Waals surface area contributed by atoms with E-state index in [1.165, 1.54) is 42.0 Å². The number of esters is 1. The summed E-state index contributed by atoms with van der Waals surface area (Å²) in [5, 5.41) is 0. The number of amides is 1. The van der Waals surface area contributed by atoms with E-state index < -0.39 is 21.9 Å². The Bertz CT molecular complexity index is 1420. The molecule has 0 bridgehead atoms. The van der Waals surface area contributed by atoms with Crippen molar-refractivity contribution in [1.82, 2.24) is 8.87 Å². The van der Waals surface area contributed by atoms with Crippen LogP contribution >= 0.6 is 11.3 Å². The molecule has 35 heavy (non-hydrogen) atoms. The molecule has 1 amide bonds. The molecule has 1 aliphatic heterocycles. The molecule has 1 saturated heterocycles. The first-order chi connectivity index (χ1) is 16.8. The van der Waals surface area contributed by atoms with Gasteiger partial charge in [0.05, 0.1) is 40.8 Å². The largest absolute Gasteiger partial charge is 0.497 e. The van der Waals surface area contributed by atoms with Crippen LogP contribution in [0.5, 0.6) is 5.75 Å². The zero-order valence-corrected chi connectivity index (χ0v) is 21.4. The van der Waals surface area contributed by atoms with Crippen molar-refractivity contribution >= 4 is 43.5 Å². The summed E-state index contributed by atoms with van der Waals surface area (Å²) in [6, 6.07) is 11.4. The highest BCUT2D eigenvalue weighted by Crippen LogP contribution is 2.26. The molecule has 4 rings (SSSR count). The lowest BCUT2D eigenvalue weighted by molar-refractivity contribution is -0.122. The number of ether oxygens (including phenoxy) is 2. The fourth-order valence-corrected chi connectivity index (χ4v) is 6.82. The minimum absolute atomic E-state index is 0.0835. The van der Waals surface area contributed by atoms with Crippen LogP contribution in [0, 0.1) is 5.92 Å². The SMILES string of the molecule is CCn1c(=NC(=O)C2CCCN(S(=O)(=O)c3ccc(OC)cc3)C2)sc2cc(C(=O)OC)ccc21. The third kappa shape index (κ3) is 5.02. The zero-order chi connectivity index (χ0) is 25.2. The standard InChI is InChI=1S/C24H27N3O6S2/c1-4-27-20-12-7-16(23(29)33-3)14-21(20)34-24(27)25-22(28)17-6-5-13-26(15-17)35(30,31)19-10-8-18(32-2)9-11-19/h7-12,14,17H,4-6,13,15H2,1-3H3. The van der Waals surface area contributed by atoms with Crippen molar-refractivity contribution in [2.75, 3.05) is 27.3 Å². The highest BCUT2D eigenvalue weighted by molar-refractivity contribution is 7.89.